The molecule has 1 fully saturated rings. The number of hydrogen-bond acceptors (Lipinski definition) is 4. The molecule has 7 heteroatoms. The predicted molar refractivity (Wildman–Crippen MR) is 101 cm³/mol. The SMILES string of the molecule is CCCCOc1c2n3c(c(I)c1=O)CCC3C1OCCCCN1C2=O. The first-order valence-electron chi connectivity index (χ1n) is 9.17. The van der Waals surface area contributed by atoms with Gasteiger partial charge >= 0.3 is 0 Å². The van der Waals surface area contributed by atoms with E-state index in [2.05, 4.69) is 34.1 Å². The molecule has 0 saturated carbocycles. The molecule has 6 nitrogen and oxygen atoms in total. The van der Waals surface area contributed by atoms with Gasteiger partial charge in [-0.05, 0) is 54.7 Å². The van der Waals surface area contributed by atoms with Crippen molar-refractivity contribution < 1.29 is 14.3 Å². The minimum Gasteiger partial charge on any atom is -0.487 e. The summed E-state index contributed by atoms with van der Waals surface area (Å²) in [5, 5.41) is 0. The van der Waals surface area contributed by atoms with Crippen molar-refractivity contribution in [3.8, 4) is 5.75 Å². The van der Waals surface area contributed by atoms with Gasteiger partial charge in [0, 0.05) is 18.8 Å². The summed E-state index contributed by atoms with van der Waals surface area (Å²) >= 11 is 2.11. The van der Waals surface area contributed by atoms with Gasteiger partial charge in [-0.1, -0.05) is 13.3 Å². The number of unbranched alkanes of at least 4 members (excludes halogenated alkanes) is 1. The Morgan fingerprint density at radius 3 is 2.96 bits per heavy atom. The van der Waals surface area contributed by atoms with Crippen LogP contribution in [-0.2, 0) is 11.2 Å². The third-order valence-corrected chi connectivity index (χ3v) is 6.45. The van der Waals surface area contributed by atoms with E-state index in [0.29, 0.717) is 29.0 Å². The van der Waals surface area contributed by atoms with Gasteiger partial charge in [-0.15, -0.1) is 0 Å². The van der Waals surface area contributed by atoms with Crippen LogP contribution >= 0.6 is 22.6 Å². The molecule has 0 radical (unpaired) electrons. The molecule has 0 aliphatic carbocycles. The topological polar surface area (TPSA) is 60.8 Å². The highest BCUT2D eigenvalue weighted by Crippen LogP contribution is 2.41. The molecule has 1 aromatic heterocycles. The molecule has 25 heavy (non-hydrogen) atoms. The number of amides is 1. The Balaban J connectivity index is 1.86. The van der Waals surface area contributed by atoms with Crippen molar-refractivity contribution in [2.75, 3.05) is 19.8 Å². The van der Waals surface area contributed by atoms with Crippen LogP contribution in [0.2, 0.25) is 0 Å². The van der Waals surface area contributed by atoms with E-state index in [-0.39, 0.29) is 29.4 Å². The summed E-state index contributed by atoms with van der Waals surface area (Å²) in [7, 11) is 0. The van der Waals surface area contributed by atoms with Gasteiger partial charge in [0.2, 0.25) is 5.43 Å². The zero-order chi connectivity index (χ0) is 17.6. The summed E-state index contributed by atoms with van der Waals surface area (Å²) < 4.78 is 14.6. The van der Waals surface area contributed by atoms with Crippen molar-refractivity contribution in [1.29, 1.82) is 0 Å². The molecule has 3 aliphatic rings. The fourth-order valence-corrected chi connectivity index (χ4v) is 4.87. The fourth-order valence-electron chi connectivity index (χ4n) is 4.10. The highest BCUT2D eigenvalue weighted by molar-refractivity contribution is 14.1. The highest BCUT2D eigenvalue weighted by atomic mass is 127. The normalized spacial score (nSPS) is 24.7. The predicted octanol–water partition coefficient (Wildman–Crippen LogP) is 2.71. The van der Waals surface area contributed by atoms with Crippen molar-refractivity contribution in [1.82, 2.24) is 9.47 Å². The van der Waals surface area contributed by atoms with Crippen molar-refractivity contribution >= 4 is 28.5 Å². The Labute approximate surface area is 160 Å². The van der Waals surface area contributed by atoms with E-state index < -0.39 is 0 Å². The third-order valence-electron chi connectivity index (χ3n) is 5.34. The lowest BCUT2D eigenvalue weighted by Gasteiger charge is -2.40. The van der Waals surface area contributed by atoms with Crippen LogP contribution in [0.3, 0.4) is 0 Å². The van der Waals surface area contributed by atoms with Crippen LogP contribution in [0.5, 0.6) is 5.75 Å². The van der Waals surface area contributed by atoms with Gasteiger partial charge in [-0.25, -0.2) is 0 Å². The minimum atomic E-state index is -0.217. The molecule has 1 amide bonds. The Bertz CT molecular complexity index is 760. The Morgan fingerprint density at radius 1 is 1.32 bits per heavy atom. The summed E-state index contributed by atoms with van der Waals surface area (Å²) in [4.78, 5) is 27.9. The summed E-state index contributed by atoms with van der Waals surface area (Å²) in [5.74, 6) is 0.118. The summed E-state index contributed by atoms with van der Waals surface area (Å²) in [6.45, 7) is 3.91. The molecule has 0 aromatic carbocycles. The average molecular weight is 458 g/mol. The largest absolute Gasteiger partial charge is 0.487 e. The third kappa shape index (κ3) is 2.70. The van der Waals surface area contributed by atoms with E-state index in [1.807, 2.05) is 4.90 Å². The molecule has 0 spiro atoms. The number of ether oxygens (including phenoxy) is 2. The van der Waals surface area contributed by atoms with Crippen LogP contribution in [0.4, 0.5) is 0 Å². The first-order valence-corrected chi connectivity index (χ1v) is 10.2. The molecule has 136 valence electrons. The van der Waals surface area contributed by atoms with E-state index in [0.717, 1.165) is 44.2 Å². The average Bonchev–Trinajstić information content (AvgIpc) is 2.89. The van der Waals surface area contributed by atoms with Crippen LogP contribution in [0.25, 0.3) is 0 Å². The van der Waals surface area contributed by atoms with E-state index in [1.165, 1.54) is 0 Å². The van der Waals surface area contributed by atoms with Crippen LogP contribution in [0.1, 0.15) is 61.3 Å². The maximum Gasteiger partial charge on any atom is 0.276 e. The van der Waals surface area contributed by atoms with Crippen LogP contribution in [0, 0.1) is 3.57 Å². The standard InChI is InChI=1S/C18H23IN2O4/c1-2-3-9-24-16-14-17(23)20-8-4-5-10-25-18(20)12-7-6-11(21(12)14)13(19)15(16)22/h12,18H,2-10H2,1H3. The zero-order valence-electron chi connectivity index (χ0n) is 14.4. The maximum absolute atomic E-state index is 13.3. The molecule has 2 unspecified atom stereocenters. The number of carbonyl (C=O) groups is 1. The van der Waals surface area contributed by atoms with Crippen molar-refractivity contribution in [2.24, 2.45) is 0 Å². The number of rotatable bonds is 4. The monoisotopic (exact) mass is 458 g/mol. The molecular formula is C18H23IN2O4. The quantitative estimate of drug-likeness (QED) is 0.515. The van der Waals surface area contributed by atoms with Gasteiger partial charge in [0.15, 0.2) is 17.7 Å². The number of pyridine rings is 1. The first kappa shape index (κ1) is 17.3. The maximum atomic E-state index is 13.3. The van der Waals surface area contributed by atoms with Gasteiger partial charge < -0.3 is 18.9 Å². The summed E-state index contributed by atoms with van der Waals surface area (Å²) in [6.07, 6.45) is 5.23. The lowest BCUT2D eigenvalue weighted by atomic mass is 10.1. The summed E-state index contributed by atoms with van der Waals surface area (Å²) in [5.41, 5.74) is 1.27. The van der Waals surface area contributed by atoms with Crippen molar-refractivity contribution in [3.63, 3.8) is 0 Å². The van der Waals surface area contributed by atoms with Crippen LogP contribution in [-0.4, -0.2) is 41.4 Å². The van der Waals surface area contributed by atoms with E-state index in [4.69, 9.17) is 9.47 Å². The van der Waals surface area contributed by atoms with Gasteiger partial charge in [-0.3, -0.25) is 9.59 Å². The number of hydrogen-bond donors (Lipinski definition) is 0. The van der Waals surface area contributed by atoms with Crippen molar-refractivity contribution in [3.05, 3.63) is 25.2 Å². The molecule has 4 rings (SSSR count). The number of nitrogens with zero attached hydrogens (tertiary/aromatic N) is 2. The molecule has 1 aromatic rings. The number of aromatic nitrogens is 1. The van der Waals surface area contributed by atoms with Crippen molar-refractivity contribution in [2.45, 2.75) is 57.7 Å². The number of halogens is 1. The zero-order valence-corrected chi connectivity index (χ0v) is 16.6. The fraction of sp³-hybridized carbons (Fsp3) is 0.667. The van der Waals surface area contributed by atoms with Crippen LogP contribution in [0.15, 0.2) is 4.79 Å². The summed E-state index contributed by atoms with van der Waals surface area (Å²) in [6, 6.07) is 0.0865. The second-order valence-electron chi connectivity index (χ2n) is 6.91. The van der Waals surface area contributed by atoms with Gasteiger partial charge in [-0.2, -0.15) is 0 Å². The van der Waals surface area contributed by atoms with E-state index in [1.54, 1.807) is 0 Å². The van der Waals surface area contributed by atoms with Gasteiger partial charge in [0.25, 0.3) is 5.91 Å². The lowest BCUT2D eigenvalue weighted by Crippen LogP contribution is -2.52. The van der Waals surface area contributed by atoms with Gasteiger partial charge in [0.1, 0.15) is 0 Å². The highest BCUT2D eigenvalue weighted by Gasteiger charge is 2.47. The second kappa shape index (κ2) is 6.90. The number of carbonyl (C=O) groups excluding carboxylic acids is 1. The Hall–Kier alpha value is -1.09. The molecule has 4 heterocycles. The van der Waals surface area contributed by atoms with Crippen LogP contribution < -0.4 is 10.2 Å². The van der Waals surface area contributed by atoms with Gasteiger partial charge in [0.05, 0.1) is 16.2 Å². The smallest absolute Gasteiger partial charge is 0.276 e. The van der Waals surface area contributed by atoms with E-state index >= 15 is 0 Å². The first-order chi connectivity index (χ1) is 12.1. The lowest BCUT2D eigenvalue weighted by molar-refractivity contribution is -0.0685. The van der Waals surface area contributed by atoms with E-state index in [9.17, 15) is 9.59 Å². The molecular weight excluding hydrogens is 435 g/mol. The Kier molecular flexibility index (Phi) is 4.79. The molecule has 3 aliphatic heterocycles. The minimum absolute atomic E-state index is 0.0865. The molecule has 1 saturated heterocycles. The molecule has 2 atom stereocenters. The second-order valence-corrected chi connectivity index (χ2v) is 7.99. The number of fused-ring (bicyclic) bond motifs is 2. The molecule has 0 bridgehead atoms. The molecule has 0 N–H and O–H groups in total. The Morgan fingerprint density at radius 2 is 2.16 bits per heavy atom.